The van der Waals surface area contributed by atoms with Crippen LogP contribution in [0.3, 0.4) is 0 Å². The van der Waals surface area contributed by atoms with Crippen molar-refractivity contribution in [3.63, 3.8) is 0 Å². The van der Waals surface area contributed by atoms with Crippen LogP contribution in [0.4, 0.5) is 0 Å². The Bertz CT molecular complexity index is 718. The summed E-state index contributed by atoms with van der Waals surface area (Å²) in [4.78, 5) is 7.20. The van der Waals surface area contributed by atoms with Gasteiger partial charge in [-0.2, -0.15) is 0 Å². The predicted molar refractivity (Wildman–Crippen MR) is 108 cm³/mol. The maximum Gasteiger partial charge on any atom is 0.191 e. The molecule has 1 aromatic rings. The molecule has 2 heterocycles. The zero-order valence-electron chi connectivity index (χ0n) is 15.9. The van der Waals surface area contributed by atoms with Crippen LogP contribution in [0.2, 0.25) is 0 Å². The minimum absolute atomic E-state index is 0.0636. The third-order valence-electron chi connectivity index (χ3n) is 5.01. The maximum absolute atomic E-state index is 11.7. The van der Waals surface area contributed by atoms with Gasteiger partial charge in [0.05, 0.1) is 37.3 Å². The fourth-order valence-electron chi connectivity index (χ4n) is 3.60. The number of ether oxygens (including phenoxy) is 1. The van der Waals surface area contributed by atoms with Gasteiger partial charge in [0.25, 0.3) is 0 Å². The summed E-state index contributed by atoms with van der Waals surface area (Å²) in [5.74, 6) is 1.13. The molecule has 0 bridgehead atoms. The van der Waals surface area contributed by atoms with Crippen molar-refractivity contribution < 1.29 is 13.2 Å². The molecule has 0 spiro atoms. The van der Waals surface area contributed by atoms with E-state index in [1.807, 2.05) is 13.0 Å². The number of nitrogens with zero attached hydrogens (tertiary/aromatic N) is 2. The van der Waals surface area contributed by atoms with E-state index in [1.54, 1.807) is 0 Å². The average molecular weight is 395 g/mol. The maximum atomic E-state index is 11.7. The highest BCUT2D eigenvalue weighted by atomic mass is 32.2. The minimum Gasteiger partial charge on any atom is -0.379 e. The number of morpholine rings is 1. The number of aliphatic imine (C=N–C) groups is 1. The number of benzene rings is 1. The monoisotopic (exact) mass is 394 g/mol. The molecule has 0 saturated carbocycles. The van der Waals surface area contributed by atoms with Gasteiger partial charge in [-0.3, -0.25) is 9.89 Å². The Labute approximate surface area is 162 Å². The van der Waals surface area contributed by atoms with E-state index < -0.39 is 9.84 Å². The molecule has 150 valence electrons. The Kier molecular flexibility index (Phi) is 7.09. The molecule has 2 aliphatic rings. The summed E-state index contributed by atoms with van der Waals surface area (Å²) in [6, 6.07) is 10.5. The summed E-state index contributed by atoms with van der Waals surface area (Å²) in [6.07, 6.45) is 0.637. The van der Waals surface area contributed by atoms with Crippen LogP contribution in [0.25, 0.3) is 0 Å². The fourth-order valence-corrected chi connectivity index (χ4v) is 5.27. The summed E-state index contributed by atoms with van der Waals surface area (Å²) >= 11 is 0. The smallest absolute Gasteiger partial charge is 0.191 e. The average Bonchev–Trinajstić information content (AvgIpc) is 3.02. The SMILES string of the molecule is CCNC(=NCC(c1ccccc1)N1CCOCC1)NC1CCS(=O)(=O)C1. The Morgan fingerprint density at radius 2 is 2.04 bits per heavy atom. The van der Waals surface area contributed by atoms with Gasteiger partial charge in [0.1, 0.15) is 0 Å². The van der Waals surface area contributed by atoms with Crippen LogP contribution in [0.5, 0.6) is 0 Å². The quantitative estimate of drug-likeness (QED) is 0.549. The zero-order chi connectivity index (χ0) is 19.1. The lowest BCUT2D eigenvalue weighted by atomic mass is 10.0. The van der Waals surface area contributed by atoms with E-state index in [1.165, 1.54) is 5.56 Å². The lowest BCUT2D eigenvalue weighted by Crippen LogP contribution is -2.45. The zero-order valence-corrected chi connectivity index (χ0v) is 16.7. The topological polar surface area (TPSA) is 83.0 Å². The first-order valence-electron chi connectivity index (χ1n) is 9.69. The fraction of sp³-hybridized carbons (Fsp3) is 0.632. The molecule has 2 atom stereocenters. The lowest BCUT2D eigenvalue weighted by Gasteiger charge is -2.34. The lowest BCUT2D eigenvalue weighted by molar-refractivity contribution is 0.0179. The normalized spacial score (nSPS) is 24.5. The standard InChI is InChI=1S/C19H30N4O3S/c1-2-20-19(22-17-8-13-27(24,25)15-17)21-14-18(16-6-4-3-5-7-16)23-9-11-26-12-10-23/h3-7,17-18H,2,8-15H2,1H3,(H2,20,21,22). The third-order valence-corrected chi connectivity index (χ3v) is 6.78. The summed E-state index contributed by atoms with van der Waals surface area (Å²) in [6.45, 7) is 6.62. The van der Waals surface area contributed by atoms with Crippen LogP contribution < -0.4 is 10.6 Å². The highest BCUT2D eigenvalue weighted by Crippen LogP contribution is 2.22. The van der Waals surface area contributed by atoms with Crippen molar-refractivity contribution in [3.8, 4) is 0 Å². The van der Waals surface area contributed by atoms with E-state index in [0.717, 1.165) is 32.8 Å². The molecule has 1 aromatic carbocycles. The highest BCUT2D eigenvalue weighted by Gasteiger charge is 2.28. The molecule has 2 unspecified atom stereocenters. The summed E-state index contributed by atoms with van der Waals surface area (Å²) in [5.41, 5.74) is 1.24. The second-order valence-electron chi connectivity index (χ2n) is 7.04. The van der Waals surface area contributed by atoms with Gasteiger partial charge in [0.2, 0.25) is 0 Å². The highest BCUT2D eigenvalue weighted by molar-refractivity contribution is 7.91. The van der Waals surface area contributed by atoms with Crippen LogP contribution >= 0.6 is 0 Å². The summed E-state index contributed by atoms with van der Waals surface area (Å²) in [5, 5.41) is 6.55. The van der Waals surface area contributed by atoms with Crippen molar-refractivity contribution in [2.45, 2.75) is 25.4 Å². The van der Waals surface area contributed by atoms with Crippen LogP contribution in [-0.2, 0) is 14.6 Å². The van der Waals surface area contributed by atoms with E-state index in [-0.39, 0.29) is 23.6 Å². The van der Waals surface area contributed by atoms with Crippen molar-refractivity contribution in [2.24, 2.45) is 4.99 Å². The minimum atomic E-state index is -2.91. The molecule has 2 saturated heterocycles. The van der Waals surface area contributed by atoms with E-state index in [2.05, 4.69) is 39.8 Å². The van der Waals surface area contributed by atoms with Gasteiger partial charge in [0, 0.05) is 25.7 Å². The van der Waals surface area contributed by atoms with Crippen LogP contribution in [0.15, 0.2) is 35.3 Å². The van der Waals surface area contributed by atoms with Gasteiger partial charge in [-0.05, 0) is 18.9 Å². The Morgan fingerprint density at radius 1 is 1.30 bits per heavy atom. The molecule has 0 radical (unpaired) electrons. The molecular formula is C19H30N4O3S. The first kappa shape index (κ1) is 20.1. The summed E-state index contributed by atoms with van der Waals surface area (Å²) in [7, 11) is -2.91. The number of sulfone groups is 1. The second kappa shape index (κ2) is 9.52. The molecule has 8 heteroatoms. The van der Waals surface area contributed by atoms with E-state index >= 15 is 0 Å². The molecule has 0 aliphatic carbocycles. The first-order chi connectivity index (χ1) is 13.1. The first-order valence-corrected chi connectivity index (χ1v) is 11.5. The molecule has 2 fully saturated rings. The molecule has 3 rings (SSSR count). The molecule has 7 nitrogen and oxygen atoms in total. The van der Waals surface area contributed by atoms with Crippen molar-refractivity contribution in [1.29, 1.82) is 0 Å². The Hall–Kier alpha value is -1.64. The number of guanidine groups is 1. The molecule has 2 aliphatic heterocycles. The van der Waals surface area contributed by atoms with Gasteiger partial charge >= 0.3 is 0 Å². The van der Waals surface area contributed by atoms with Gasteiger partial charge < -0.3 is 15.4 Å². The molecule has 27 heavy (non-hydrogen) atoms. The molecule has 0 aromatic heterocycles. The van der Waals surface area contributed by atoms with E-state index in [4.69, 9.17) is 9.73 Å². The van der Waals surface area contributed by atoms with Gasteiger partial charge in [-0.25, -0.2) is 8.42 Å². The van der Waals surface area contributed by atoms with Crippen molar-refractivity contribution in [1.82, 2.24) is 15.5 Å². The van der Waals surface area contributed by atoms with E-state index in [9.17, 15) is 8.42 Å². The number of rotatable bonds is 6. The molecule has 0 amide bonds. The second-order valence-corrected chi connectivity index (χ2v) is 9.27. The van der Waals surface area contributed by atoms with Crippen molar-refractivity contribution >= 4 is 15.8 Å². The number of nitrogens with one attached hydrogen (secondary N) is 2. The summed E-state index contributed by atoms with van der Waals surface area (Å²) < 4.78 is 28.9. The Balaban J connectivity index is 1.71. The van der Waals surface area contributed by atoms with Gasteiger partial charge in [-0.15, -0.1) is 0 Å². The van der Waals surface area contributed by atoms with Crippen LogP contribution in [0.1, 0.15) is 24.9 Å². The number of hydrogen-bond donors (Lipinski definition) is 2. The van der Waals surface area contributed by atoms with E-state index in [0.29, 0.717) is 18.9 Å². The van der Waals surface area contributed by atoms with Crippen LogP contribution in [-0.4, -0.2) is 76.2 Å². The Morgan fingerprint density at radius 3 is 2.67 bits per heavy atom. The van der Waals surface area contributed by atoms with Crippen LogP contribution in [0, 0.1) is 0 Å². The third kappa shape index (κ3) is 5.92. The van der Waals surface area contributed by atoms with Gasteiger partial charge in [0.15, 0.2) is 15.8 Å². The van der Waals surface area contributed by atoms with Gasteiger partial charge in [-0.1, -0.05) is 30.3 Å². The number of hydrogen-bond acceptors (Lipinski definition) is 5. The largest absolute Gasteiger partial charge is 0.379 e. The molecular weight excluding hydrogens is 364 g/mol. The van der Waals surface area contributed by atoms with Crippen molar-refractivity contribution in [3.05, 3.63) is 35.9 Å². The van der Waals surface area contributed by atoms with Crippen molar-refractivity contribution in [2.75, 3.05) is 50.9 Å². The predicted octanol–water partition coefficient (Wildman–Crippen LogP) is 0.802. The molecule has 2 N–H and O–H groups in total.